The van der Waals surface area contributed by atoms with Gasteiger partial charge in [-0.3, -0.25) is 19.5 Å². The van der Waals surface area contributed by atoms with Crippen molar-refractivity contribution in [1.82, 2.24) is 14.6 Å². The van der Waals surface area contributed by atoms with Crippen LogP contribution in [0.5, 0.6) is 0 Å². The van der Waals surface area contributed by atoms with Gasteiger partial charge in [-0.25, -0.2) is 17.5 Å². The first-order valence-corrected chi connectivity index (χ1v) is 11.4. The summed E-state index contributed by atoms with van der Waals surface area (Å²) in [4.78, 5) is 29.9. The molecule has 9 heteroatoms. The van der Waals surface area contributed by atoms with Crippen LogP contribution in [0.3, 0.4) is 0 Å². The van der Waals surface area contributed by atoms with E-state index in [-0.39, 0.29) is 40.2 Å². The Labute approximate surface area is 174 Å². The van der Waals surface area contributed by atoms with E-state index < -0.39 is 27.7 Å². The number of rotatable bonds is 5. The van der Waals surface area contributed by atoms with Crippen molar-refractivity contribution in [2.45, 2.75) is 50.1 Å². The maximum absolute atomic E-state index is 14.0. The monoisotopic (exact) mass is 431 g/mol. The molecule has 1 aromatic heterocycles. The molecule has 2 amide bonds. The summed E-state index contributed by atoms with van der Waals surface area (Å²) in [5.41, 5.74) is 0.369. The van der Waals surface area contributed by atoms with E-state index in [0.29, 0.717) is 0 Å². The number of carbonyl (C=O) groups excluding carboxylic acids is 2. The number of nitrogens with zero attached hydrogens (tertiary/aromatic N) is 2. The van der Waals surface area contributed by atoms with Crippen LogP contribution in [-0.2, 0) is 16.6 Å². The Kier molecular flexibility index (Phi) is 5.42. The maximum Gasteiger partial charge on any atom is 0.280 e. The molecule has 7 nitrogen and oxygen atoms in total. The number of fused-ring (bicyclic) bond motifs is 1. The van der Waals surface area contributed by atoms with E-state index in [1.165, 1.54) is 18.3 Å². The lowest BCUT2D eigenvalue weighted by Crippen LogP contribution is -2.41. The lowest BCUT2D eigenvalue weighted by Gasteiger charge is -2.29. The molecule has 4 rings (SSSR count). The average Bonchev–Trinajstić information content (AvgIpc) is 2.96. The second kappa shape index (κ2) is 7.88. The van der Waals surface area contributed by atoms with Crippen molar-refractivity contribution in [2.24, 2.45) is 5.92 Å². The number of aromatic nitrogens is 1. The van der Waals surface area contributed by atoms with Gasteiger partial charge < -0.3 is 0 Å². The predicted octanol–water partition coefficient (Wildman–Crippen LogP) is 2.87. The fourth-order valence-electron chi connectivity index (χ4n) is 4.09. The molecule has 0 radical (unpaired) electrons. The number of benzene rings is 1. The number of hydrogen-bond donors (Lipinski definition) is 1. The highest BCUT2D eigenvalue weighted by Gasteiger charge is 2.38. The van der Waals surface area contributed by atoms with Crippen LogP contribution >= 0.6 is 0 Å². The van der Waals surface area contributed by atoms with E-state index in [1.54, 1.807) is 6.07 Å². The zero-order chi connectivity index (χ0) is 21.5. The highest BCUT2D eigenvalue weighted by atomic mass is 32.2. The number of halogens is 1. The van der Waals surface area contributed by atoms with Crippen LogP contribution in [0.15, 0.2) is 41.4 Å². The molecule has 2 aliphatic rings. The highest BCUT2D eigenvalue weighted by Crippen LogP contribution is 2.28. The molecule has 0 bridgehead atoms. The molecule has 30 heavy (non-hydrogen) atoms. The van der Waals surface area contributed by atoms with Crippen LogP contribution in [0.25, 0.3) is 0 Å². The van der Waals surface area contributed by atoms with Crippen molar-refractivity contribution >= 4 is 21.8 Å². The Morgan fingerprint density at radius 2 is 1.93 bits per heavy atom. The molecule has 2 aromatic rings. The van der Waals surface area contributed by atoms with Crippen molar-refractivity contribution in [3.63, 3.8) is 0 Å². The normalized spacial score (nSPS) is 21.7. The number of amides is 2. The molecule has 0 saturated heterocycles. The Bertz CT molecular complexity index is 1080. The second-order valence-corrected chi connectivity index (χ2v) is 9.52. The minimum absolute atomic E-state index is 0.0307. The van der Waals surface area contributed by atoms with Gasteiger partial charge in [-0.15, -0.1) is 0 Å². The van der Waals surface area contributed by atoms with Crippen molar-refractivity contribution in [3.05, 3.63) is 59.2 Å². The van der Waals surface area contributed by atoms with Gasteiger partial charge in [-0.05, 0) is 48.6 Å². The number of hydrogen-bond acceptors (Lipinski definition) is 5. The molecule has 2 atom stereocenters. The molecule has 1 N–H and O–H groups in total. The molecule has 1 aromatic carbocycles. The van der Waals surface area contributed by atoms with Gasteiger partial charge in [0.25, 0.3) is 11.8 Å². The van der Waals surface area contributed by atoms with Gasteiger partial charge in [0, 0.05) is 12.2 Å². The fourth-order valence-corrected chi connectivity index (χ4v) is 5.71. The van der Waals surface area contributed by atoms with Gasteiger partial charge in [0.05, 0.1) is 17.0 Å². The Morgan fingerprint density at radius 3 is 2.67 bits per heavy atom. The van der Waals surface area contributed by atoms with Gasteiger partial charge >= 0.3 is 0 Å². The molecular formula is C21H22FN3O4S. The largest absolute Gasteiger partial charge is 0.280 e. The zero-order valence-electron chi connectivity index (χ0n) is 16.5. The quantitative estimate of drug-likeness (QED) is 0.735. The zero-order valence-corrected chi connectivity index (χ0v) is 17.3. The summed E-state index contributed by atoms with van der Waals surface area (Å²) in [5, 5.41) is 0. The summed E-state index contributed by atoms with van der Waals surface area (Å²) >= 11 is 0. The van der Waals surface area contributed by atoms with Crippen LogP contribution in [0, 0.1) is 11.7 Å². The van der Waals surface area contributed by atoms with Gasteiger partial charge in [-0.1, -0.05) is 25.8 Å². The fraction of sp³-hybridized carbons (Fsp3) is 0.381. The van der Waals surface area contributed by atoms with Crippen molar-refractivity contribution in [2.75, 3.05) is 0 Å². The molecule has 0 spiro atoms. The molecule has 1 fully saturated rings. The molecule has 1 aliphatic heterocycles. The van der Waals surface area contributed by atoms with Crippen molar-refractivity contribution < 1.29 is 22.4 Å². The number of pyridine rings is 1. The van der Waals surface area contributed by atoms with Crippen molar-refractivity contribution in [3.8, 4) is 0 Å². The standard InChI is InChI=1S/C21H22FN3O4S/c1-13-5-2-3-7-17(13)24-30(28,29)18-11-15(22)9-8-14(18)12-25-20(26)16-6-4-10-23-19(16)21(25)27/h4,6,8-11,13,17,24H,2-3,5,7,12H2,1H3/t13-,17-/m0/s1. The third-order valence-electron chi connectivity index (χ3n) is 5.80. The third kappa shape index (κ3) is 3.75. The first kappa shape index (κ1) is 20.6. The summed E-state index contributed by atoms with van der Waals surface area (Å²) in [6, 6.07) is 6.16. The summed E-state index contributed by atoms with van der Waals surface area (Å²) < 4.78 is 42.9. The number of nitrogens with one attached hydrogen (secondary N) is 1. The van der Waals surface area contributed by atoms with Gasteiger partial charge in [-0.2, -0.15) is 0 Å². The van der Waals surface area contributed by atoms with Crippen LogP contribution < -0.4 is 4.72 Å². The SMILES string of the molecule is C[C@H]1CCCC[C@@H]1NS(=O)(=O)c1cc(F)ccc1CN1C(=O)c2cccnc2C1=O. The second-order valence-electron chi connectivity index (χ2n) is 7.84. The lowest BCUT2D eigenvalue weighted by atomic mass is 9.87. The van der Waals surface area contributed by atoms with Gasteiger partial charge in [0.2, 0.25) is 10.0 Å². The highest BCUT2D eigenvalue weighted by molar-refractivity contribution is 7.89. The molecule has 158 valence electrons. The van der Waals surface area contributed by atoms with E-state index in [9.17, 15) is 22.4 Å². The molecule has 0 unspecified atom stereocenters. The topological polar surface area (TPSA) is 96.4 Å². The van der Waals surface area contributed by atoms with E-state index in [1.807, 2.05) is 6.92 Å². The van der Waals surface area contributed by atoms with E-state index >= 15 is 0 Å². The minimum Gasteiger partial charge on any atom is -0.268 e. The Hall–Kier alpha value is -2.65. The first-order valence-electron chi connectivity index (χ1n) is 9.90. The van der Waals surface area contributed by atoms with Crippen LogP contribution in [0.2, 0.25) is 0 Å². The van der Waals surface area contributed by atoms with Crippen LogP contribution in [0.4, 0.5) is 4.39 Å². The summed E-state index contributed by atoms with van der Waals surface area (Å²) in [7, 11) is -4.04. The third-order valence-corrected chi connectivity index (χ3v) is 7.37. The van der Waals surface area contributed by atoms with Gasteiger partial charge in [0.15, 0.2) is 0 Å². The lowest BCUT2D eigenvalue weighted by molar-refractivity contribution is 0.0639. The average molecular weight is 431 g/mol. The maximum atomic E-state index is 14.0. The minimum atomic E-state index is -4.04. The first-order chi connectivity index (χ1) is 14.3. The van der Waals surface area contributed by atoms with Crippen molar-refractivity contribution in [1.29, 1.82) is 0 Å². The van der Waals surface area contributed by atoms with E-state index in [4.69, 9.17) is 0 Å². The summed E-state index contributed by atoms with van der Waals surface area (Å²) in [5.74, 6) is -1.69. The smallest absolute Gasteiger partial charge is 0.268 e. The number of carbonyl (C=O) groups is 2. The van der Waals surface area contributed by atoms with Crippen LogP contribution in [0.1, 0.15) is 59.0 Å². The van der Waals surface area contributed by atoms with Gasteiger partial charge in [0.1, 0.15) is 11.5 Å². The van der Waals surface area contributed by atoms with Crippen LogP contribution in [-0.4, -0.2) is 36.2 Å². The Balaban J connectivity index is 1.65. The van der Waals surface area contributed by atoms with E-state index in [2.05, 4.69) is 9.71 Å². The summed E-state index contributed by atoms with van der Waals surface area (Å²) in [6.07, 6.45) is 5.03. The van der Waals surface area contributed by atoms with E-state index in [0.717, 1.165) is 42.7 Å². The number of imide groups is 1. The molecular weight excluding hydrogens is 409 g/mol. The molecule has 1 aliphatic carbocycles. The molecule has 2 heterocycles. The molecule has 1 saturated carbocycles. The summed E-state index contributed by atoms with van der Waals surface area (Å²) in [6.45, 7) is 1.70. The number of sulfonamides is 1. The predicted molar refractivity (Wildman–Crippen MR) is 107 cm³/mol. The Morgan fingerprint density at radius 1 is 1.17 bits per heavy atom.